The molecule has 0 spiro atoms. The van der Waals surface area contributed by atoms with E-state index >= 15 is 0 Å². The summed E-state index contributed by atoms with van der Waals surface area (Å²) in [6, 6.07) is 6.98. The van der Waals surface area contributed by atoms with Crippen LogP contribution in [0.5, 0.6) is 0 Å². The Kier molecular flexibility index (Phi) is 5.72. The SMILES string of the molecule is COCCNCCNCc1cc2cc(F)ccc2s1. The number of hydrogen-bond acceptors (Lipinski definition) is 4. The molecule has 0 saturated carbocycles. The molecule has 0 amide bonds. The Bertz CT molecular complexity index is 515. The molecule has 1 aromatic carbocycles. The van der Waals surface area contributed by atoms with Crippen LogP contribution in [0.3, 0.4) is 0 Å². The molecule has 19 heavy (non-hydrogen) atoms. The predicted octanol–water partition coefficient (Wildman–Crippen LogP) is 2.37. The smallest absolute Gasteiger partial charge is 0.123 e. The quantitative estimate of drug-likeness (QED) is 0.729. The first kappa shape index (κ1) is 14.4. The van der Waals surface area contributed by atoms with E-state index in [-0.39, 0.29) is 5.82 Å². The van der Waals surface area contributed by atoms with E-state index in [4.69, 9.17) is 4.74 Å². The van der Waals surface area contributed by atoms with Gasteiger partial charge >= 0.3 is 0 Å². The third-order valence-corrected chi connectivity index (χ3v) is 3.91. The van der Waals surface area contributed by atoms with Crippen molar-refractivity contribution in [3.8, 4) is 0 Å². The maximum Gasteiger partial charge on any atom is 0.123 e. The van der Waals surface area contributed by atoms with Gasteiger partial charge in [-0.05, 0) is 29.7 Å². The molecule has 3 nitrogen and oxygen atoms in total. The number of nitrogens with one attached hydrogen (secondary N) is 2. The van der Waals surface area contributed by atoms with Crippen molar-refractivity contribution >= 4 is 21.4 Å². The number of rotatable bonds is 8. The lowest BCUT2D eigenvalue weighted by Gasteiger charge is -2.04. The van der Waals surface area contributed by atoms with Crippen LogP contribution in [0.1, 0.15) is 4.88 Å². The molecule has 1 heterocycles. The fourth-order valence-electron chi connectivity index (χ4n) is 1.84. The number of ether oxygens (including phenoxy) is 1. The molecule has 0 unspecified atom stereocenters. The second kappa shape index (κ2) is 7.55. The van der Waals surface area contributed by atoms with Gasteiger partial charge in [-0.15, -0.1) is 11.3 Å². The molecular weight excluding hydrogens is 263 g/mol. The van der Waals surface area contributed by atoms with Gasteiger partial charge in [0.05, 0.1) is 6.61 Å². The van der Waals surface area contributed by atoms with Gasteiger partial charge in [-0.1, -0.05) is 0 Å². The summed E-state index contributed by atoms with van der Waals surface area (Å²) < 4.78 is 19.2. The van der Waals surface area contributed by atoms with Gasteiger partial charge in [0.15, 0.2) is 0 Å². The monoisotopic (exact) mass is 282 g/mol. The predicted molar refractivity (Wildman–Crippen MR) is 78.2 cm³/mol. The molecule has 2 N–H and O–H groups in total. The molecule has 0 atom stereocenters. The summed E-state index contributed by atoms with van der Waals surface area (Å²) in [7, 11) is 1.70. The topological polar surface area (TPSA) is 33.3 Å². The summed E-state index contributed by atoms with van der Waals surface area (Å²) in [4.78, 5) is 1.23. The molecule has 5 heteroatoms. The standard InChI is InChI=1S/C14H19FN2OS/c1-18-7-6-16-4-5-17-10-13-9-11-8-12(15)2-3-14(11)19-13/h2-3,8-9,16-17H,4-7,10H2,1H3. The van der Waals surface area contributed by atoms with E-state index in [1.807, 2.05) is 6.07 Å². The molecule has 104 valence electrons. The van der Waals surface area contributed by atoms with Gasteiger partial charge in [0, 0.05) is 42.9 Å². The maximum absolute atomic E-state index is 13.1. The molecule has 0 radical (unpaired) electrons. The van der Waals surface area contributed by atoms with Crippen LogP contribution in [-0.4, -0.2) is 33.4 Å². The van der Waals surface area contributed by atoms with E-state index in [2.05, 4.69) is 16.7 Å². The van der Waals surface area contributed by atoms with Crippen LogP contribution < -0.4 is 10.6 Å². The number of benzene rings is 1. The summed E-state index contributed by atoms with van der Waals surface area (Å²) in [6.45, 7) is 4.27. The van der Waals surface area contributed by atoms with Crippen LogP contribution in [0.2, 0.25) is 0 Å². The second-order valence-electron chi connectivity index (χ2n) is 4.31. The van der Waals surface area contributed by atoms with E-state index in [9.17, 15) is 4.39 Å². The Morgan fingerprint density at radius 1 is 1.16 bits per heavy atom. The van der Waals surface area contributed by atoms with Crippen LogP contribution in [0, 0.1) is 5.82 Å². The molecule has 0 saturated heterocycles. The first-order chi connectivity index (χ1) is 9.29. The van der Waals surface area contributed by atoms with Crippen molar-refractivity contribution < 1.29 is 9.13 Å². The summed E-state index contributed by atoms with van der Waals surface area (Å²) in [5, 5.41) is 7.63. The zero-order valence-electron chi connectivity index (χ0n) is 11.0. The number of hydrogen-bond donors (Lipinski definition) is 2. The minimum Gasteiger partial charge on any atom is -0.383 e. The number of halogens is 1. The van der Waals surface area contributed by atoms with Crippen LogP contribution in [0.4, 0.5) is 4.39 Å². The largest absolute Gasteiger partial charge is 0.383 e. The summed E-state index contributed by atoms with van der Waals surface area (Å²) in [5.74, 6) is -0.174. The van der Waals surface area contributed by atoms with Gasteiger partial charge in [-0.2, -0.15) is 0 Å². The van der Waals surface area contributed by atoms with E-state index < -0.39 is 0 Å². The van der Waals surface area contributed by atoms with Gasteiger partial charge in [0.25, 0.3) is 0 Å². The maximum atomic E-state index is 13.1. The van der Waals surface area contributed by atoms with Crippen LogP contribution in [0.15, 0.2) is 24.3 Å². The highest BCUT2D eigenvalue weighted by Gasteiger charge is 2.02. The van der Waals surface area contributed by atoms with Gasteiger partial charge in [-0.25, -0.2) is 4.39 Å². The molecule has 2 aromatic rings. The van der Waals surface area contributed by atoms with Crippen molar-refractivity contribution in [1.82, 2.24) is 10.6 Å². The lowest BCUT2D eigenvalue weighted by atomic mass is 10.2. The average Bonchev–Trinajstić information content (AvgIpc) is 2.79. The van der Waals surface area contributed by atoms with Crippen molar-refractivity contribution in [2.24, 2.45) is 0 Å². The molecule has 0 aliphatic rings. The van der Waals surface area contributed by atoms with E-state index in [0.29, 0.717) is 0 Å². The van der Waals surface area contributed by atoms with E-state index in [0.717, 1.165) is 42.9 Å². The molecule has 0 bridgehead atoms. The van der Waals surface area contributed by atoms with Gasteiger partial charge in [-0.3, -0.25) is 0 Å². The number of thiophene rings is 1. The lowest BCUT2D eigenvalue weighted by Crippen LogP contribution is -2.28. The van der Waals surface area contributed by atoms with Crippen molar-refractivity contribution in [2.45, 2.75) is 6.54 Å². The average molecular weight is 282 g/mol. The van der Waals surface area contributed by atoms with Crippen molar-refractivity contribution in [2.75, 3.05) is 33.4 Å². The highest BCUT2D eigenvalue weighted by Crippen LogP contribution is 2.25. The molecule has 1 aromatic heterocycles. The highest BCUT2D eigenvalue weighted by atomic mass is 32.1. The number of methoxy groups -OCH3 is 1. The van der Waals surface area contributed by atoms with Gasteiger partial charge in [0.1, 0.15) is 5.82 Å². The first-order valence-corrected chi connectivity index (χ1v) is 7.19. The fraction of sp³-hybridized carbons (Fsp3) is 0.429. The van der Waals surface area contributed by atoms with Crippen LogP contribution >= 0.6 is 11.3 Å². The van der Waals surface area contributed by atoms with Crippen LogP contribution in [-0.2, 0) is 11.3 Å². The van der Waals surface area contributed by atoms with E-state index in [1.54, 1.807) is 24.5 Å². The Morgan fingerprint density at radius 2 is 2.00 bits per heavy atom. The van der Waals surface area contributed by atoms with Gasteiger partial charge < -0.3 is 15.4 Å². The lowest BCUT2D eigenvalue weighted by molar-refractivity contribution is 0.199. The van der Waals surface area contributed by atoms with E-state index in [1.165, 1.54) is 10.9 Å². The fourth-order valence-corrected chi connectivity index (χ4v) is 2.86. The summed E-state index contributed by atoms with van der Waals surface area (Å²) >= 11 is 1.71. The minimum absolute atomic E-state index is 0.174. The first-order valence-electron chi connectivity index (χ1n) is 6.38. The van der Waals surface area contributed by atoms with Crippen LogP contribution in [0.25, 0.3) is 10.1 Å². The van der Waals surface area contributed by atoms with Gasteiger partial charge in [0.2, 0.25) is 0 Å². The zero-order valence-corrected chi connectivity index (χ0v) is 11.9. The molecular formula is C14H19FN2OS. The Labute approximate surface area is 116 Å². The second-order valence-corrected chi connectivity index (χ2v) is 5.48. The Balaban J connectivity index is 1.72. The normalized spacial score (nSPS) is 11.3. The third-order valence-electron chi connectivity index (χ3n) is 2.79. The Hall–Kier alpha value is -1.01. The summed E-state index contributed by atoms with van der Waals surface area (Å²) in [5.41, 5.74) is 0. The molecule has 0 fully saturated rings. The molecule has 2 rings (SSSR count). The Morgan fingerprint density at radius 3 is 2.84 bits per heavy atom. The third kappa shape index (κ3) is 4.54. The van der Waals surface area contributed by atoms with Crippen molar-refractivity contribution in [1.29, 1.82) is 0 Å². The van der Waals surface area contributed by atoms with Crippen molar-refractivity contribution in [3.05, 3.63) is 35.0 Å². The summed E-state index contributed by atoms with van der Waals surface area (Å²) in [6.07, 6.45) is 0. The molecule has 0 aliphatic carbocycles. The molecule has 0 aliphatic heterocycles. The number of fused-ring (bicyclic) bond motifs is 1. The zero-order chi connectivity index (χ0) is 13.5. The van der Waals surface area contributed by atoms with Crippen molar-refractivity contribution in [3.63, 3.8) is 0 Å². The minimum atomic E-state index is -0.174. The highest BCUT2D eigenvalue weighted by molar-refractivity contribution is 7.19.